The Hall–Kier alpha value is -1.23. The first-order valence-electron chi connectivity index (χ1n) is 4.98. The highest BCUT2D eigenvalue weighted by molar-refractivity contribution is 6.36. The molecule has 3 N–H and O–H groups in total. The molecule has 4 nitrogen and oxygen atoms in total. The molecule has 0 bridgehead atoms. The quantitative estimate of drug-likeness (QED) is 0.821. The molecule has 0 saturated heterocycles. The van der Waals surface area contributed by atoms with E-state index in [1.165, 1.54) is 0 Å². The molecule has 7 heteroatoms. The highest BCUT2D eigenvalue weighted by Crippen LogP contribution is 2.31. The third-order valence-electron chi connectivity index (χ3n) is 2.22. The number of nitrogens with two attached hydrogens (primary N) is 1. The molecule has 0 amide bonds. The average Bonchev–Trinajstić information content (AvgIpc) is 2.24. The number of nitrogens with one attached hydrogen (secondary N) is 1. The number of hydrogen-bond acceptors (Lipinski definition) is 4. The Balaban J connectivity index is 2.36. The van der Waals surface area contributed by atoms with Crippen LogP contribution >= 0.6 is 34.8 Å². The minimum Gasteiger partial charge on any atom is -0.368 e. The number of rotatable bonds is 2. The number of benzene rings is 1. The SMILES string of the molecule is Cc1cc(Cl)c(Nc2cc(Cl)nc(N)n2)cc1Cl. The summed E-state index contributed by atoms with van der Waals surface area (Å²) in [6, 6.07) is 5.02. The minimum atomic E-state index is 0.0827. The van der Waals surface area contributed by atoms with Gasteiger partial charge in [0.05, 0.1) is 10.7 Å². The van der Waals surface area contributed by atoms with E-state index in [1.54, 1.807) is 18.2 Å². The van der Waals surface area contributed by atoms with Crippen LogP contribution in [0.25, 0.3) is 0 Å². The van der Waals surface area contributed by atoms with Gasteiger partial charge >= 0.3 is 0 Å². The second-order valence-electron chi connectivity index (χ2n) is 3.64. The van der Waals surface area contributed by atoms with Crippen LogP contribution in [0.5, 0.6) is 0 Å². The van der Waals surface area contributed by atoms with Gasteiger partial charge in [0.25, 0.3) is 0 Å². The fourth-order valence-corrected chi connectivity index (χ4v) is 2.00. The average molecular weight is 304 g/mol. The standard InChI is InChI=1S/C11H9Cl3N4/c1-5-2-7(13)8(3-6(5)12)16-10-4-9(14)17-11(15)18-10/h2-4H,1H3,(H3,15,16,17,18). The lowest BCUT2D eigenvalue weighted by molar-refractivity contribution is 1.18. The Morgan fingerprint density at radius 3 is 2.44 bits per heavy atom. The number of aryl methyl sites for hydroxylation is 1. The number of aromatic nitrogens is 2. The first-order valence-corrected chi connectivity index (χ1v) is 6.12. The van der Waals surface area contributed by atoms with Crippen LogP contribution < -0.4 is 11.1 Å². The molecule has 0 aliphatic carbocycles. The van der Waals surface area contributed by atoms with Gasteiger partial charge in [0, 0.05) is 11.1 Å². The van der Waals surface area contributed by atoms with Gasteiger partial charge in [0.1, 0.15) is 11.0 Å². The summed E-state index contributed by atoms with van der Waals surface area (Å²) in [5.41, 5.74) is 7.02. The lowest BCUT2D eigenvalue weighted by atomic mass is 10.2. The van der Waals surface area contributed by atoms with Crippen molar-refractivity contribution in [2.75, 3.05) is 11.1 Å². The van der Waals surface area contributed by atoms with Crippen LogP contribution in [-0.4, -0.2) is 9.97 Å². The fourth-order valence-electron chi connectivity index (χ4n) is 1.38. The van der Waals surface area contributed by atoms with Crippen LogP contribution in [0, 0.1) is 6.92 Å². The van der Waals surface area contributed by atoms with Crippen molar-refractivity contribution in [1.29, 1.82) is 0 Å². The van der Waals surface area contributed by atoms with Crippen molar-refractivity contribution in [3.05, 3.63) is 39.0 Å². The molecule has 1 aromatic heterocycles. The molecule has 1 aromatic carbocycles. The Bertz CT molecular complexity index is 581. The summed E-state index contributed by atoms with van der Waals surface area (Å²) in [7, 11) is 0. The lowest BCUT2D eigenvalue weighted by Gasteiger charge is -2.10. The van der Waals surface area contributed by atoms with Crippen LogP contribution in [0.15, 0.2) is 18.2 Å². The fraction of sp³-hybridized carbons (Fsp3) is 0.0909. The Labute approximate surface area is 119 Å². The molecule has 0 aliphatic rings. The largest absolute Gasteiger partial charge is 0.368 e. The number of nitrogens with zero attached hydrogens (tertiary/aromatic N) is 2. The normalized spacial score (nSPS) is 10.4. The van der Waals surface area contributed by atoms with Gasteiger partial charge < -0.3 is 11.1 Å². The van der Waals surface area contributed by atoms with E-state index in [2.05, 4.69) is 15.3 Å². The smallest absolute Gasteiger partial charge is 0.223 e. The van der Waals surface area contributed by atoms with Crippen molar-refractivity contribution in [3.8, 4) is 0 Å². The van der Waals surface area contributed by atoms with Crippen molar-refractivity contribution >= 4 is 52.3 Å². The van der Waals surface area contributed by atoms with Gasteiger partial charge in [-0.05, 0) is 24.6 Å². The zero-order valence-electron chi connectivity index (χ0n) is 9.34. The Morgan fingerprint density at radius 2 is 1.78 bits per heavy atom. The van der Waals surface area contributed by atoms with Crippen LogP contribution in [0.2, 0.25) is 15.2 Å². The van der Waals surface area contributed by atoms with Gasteiger partial charge in [0.2, 0.25) is 5.95 Å². The molecule has 94 valence electrons. The zero-order chi connectivity index (χ0) is 13.3. The van der Waals surface area contributed by atoms with Crippen LogP contribution in [0.3, 0.4) is 0 Å². The van der Waals surface area contributed by atoms with E-state index in [4.69, 9.17) is 40.5 Å². The van der Waals surface area contributed by atoms with Crippen molar-refractivity contribution in [3.63, 3.8) is 0 Å². The number of halogens is 3. The number of anilines is 3. The molecule has 0 radical (unpaired) electrons. The second-order valence-corrected chi connectivity index (χ2v) is 4.84. The van der Waals surface area contributed by atoms with E-state index >= 15 is 0 Å². The van der Waals surface area contributed by atoms with Crippen LogP contribution in [0.4, 0.5) is 17.5 Å². The van der Waals surface area contributed by atoms with Crippen molar-refractivity contribution in [2.45, 2.75) is 6.92 Å². The number of hydrogen-bond donors (Lipinski definition) is 2. The van der Waals surface area contributed by atoms with Gasteiger partial charge in [-0.3, -0.25) is 0 Å². The van der Waals surface area contributed by atoms with E-state index in [-0.39, 0.29) is 11.1 Å². The molecule has 18 heavy (non-hydrogen) atoms. The van der Waals surface area contributed by atoms with Crippen molar-refractivity contribution < 1.29 is 0 Å². The molecule has 2 aromatic rings. The highest BCUT2D eigenvalue weighted by Gasteiger charge is 2.07. The predicted octanol–water partition coefficient (Wildman–Crippen LogP) is 4.07. The summed E-state index contributed by atoms with van der Waals surface area (Å²) in [4.78, 5) is 7.75. The topological polar surface area (TPSA) is 63.8 Å². The van der Waals surface area contributed by atoms with Crippen molar-refractivity contribution in [1.82, 2.24) is 9.97 Å². The first-order chi connectivity index (χ1) is 8.45. The summed E-state index contributed by atoms with van der Waals surface area (Å²) in [5, 5.41) is 4.38. The third-order valence-corrected chi connectivity index (χ3v) is 3.14. The van der Waals surface area contributed by atoms with Crippen molar-refractivity contribution in [2.24, 2.45) is 0 Å². The summed E-state index contributed by atoms with van der Waals surface area (Å²) >= 11 is 17.9. The molecule has 0 saturated carbocycles. The molecule has 1 heterocycles. The molecule has 2 rings (SSSR count). The third kappa shape index (κ3) is 2.96. The second kappa shape index (κ2) is 5.18. The van der Waals surface area contributed by atoms with Gasteiger partial charge in [-0.2, -0.15) is 4.98 Å². The lowest BCUT2D eigenvalue weighted by Crippen LogP contribution is -2.00. The maximum atomic E-state index is 6.10. The molecular weight excluding hydrogens is 295 g/mol. The predicted molar refractivity (Wildman–Crippen MR) is 75.9 cm³/mol. The Kier molecular flexibility index (Phi) is 3.80. The van der Waals surface area contributed by atoms with Gasteiger partial charge in [-0.1, -0.05) is 34.8 Å². The molecule has 0 spiro atoms. The maximum absolute atomic E-state index is 6.10. The minimum absolute atomic E-state index is 0.0827. The summed E-state index contributed by atoms with van der Waals surface area (Å²) < 4.78 is 0. The van der Waals surface area contributed by atoms with Crippen LogP contribution in [0.1, 0.15) is 5.56 Å². The van der Waals surface area contributed by atoms with E-state index in [0.29, 0.717) is 21.6 Å². The molecule has 0 atom stereocenters. The summed E-state index contributed by atoms with van der Waals surface area (Å²) in [5.74, 6) is 0.536. The summed E-state index contributed by atoms with van der Waals surface area (Å²) in [6.45, 7) is 1.87. The van der Waals surface area contributed by atoms with Gasteiger partial charge in [-0.25, -0.2) is 4.98 Å². The summed E-state index contributed by atoms with van der Waals surface area (Å²) in [6.07, 6.45) is 0. The van der Waals surface area contributed by atoms with E-state index in [0.717, 1.165) is 5.56 Å². The molecule has 0 aliphatic heterocycles. The van der Waals surface area contributed by atoms with Crippen LogP contribution in [-0.2, 0) is 0 Å². The highest BCUT2D eigenvalue weighted by atomic mass is 35.5. The van der Waals surface area contributed by atoms with E-state index in [1.807, 2.05) is 6.92 Å². The first kappa shape index (κ1) is 13.2. The zero-order valence-corrected chi connectivity index (χ0v) is 11.6. The molecule has 0 fully saturated rings. The molecule has 0 unspecified atom stereocenters. The Morgan fingerprint density at radius 1 is 1.06 bits per heavy atom. The van der Waals surface area contributed by atoms with Gasteiger partial charge in [0.15, 0.2) is 0 Å². The number of nitrogen functional groups attached to an aromatic ring is 1. The van der Waals surface area contributed by atoms with Gasteiger partial charge in [-0.15, -0.1) is 0 Å². The monoisotopic (exact) mass is 302 g/mol. The van der Waals surface area contributed by atoms with E-state index in [9.17, 15) is 0 Å². The maximum Gasteiger partial charge on any atom is 0.223 e. The van der Waals surface area contributed by atoms with E-state index < -0.39 is 0 Å². The molecular formula is C11H9Cl3N4.